The van der Waals surface area contributed by atoms with Crippen molar-refractivity contribution in [2.75, 3.05) is 19.8 Å². The van der Waals surface area contributed by atoms with E-state index in [1.807, 2.05) is 0 Å². The molecule has 0 radical (unpaired) electrons. The van der Waals surface area contributed by atoms with E-state index in [1.54, 1.807) is 0 Å². The highest BCUT2D eigenvalue weighted by Gasteiger charge is 2.51. The summed E-state index contributed by atoms with van der Waals surface area (Å²) >= 11 is 0. The number of aliphatic hydroxyl groups excluding tert-OH is 8. The number of aliphatic hydroxyl groups is 8. The third kappa shape index (κ3) is 48.6. The summed E-state index contributed by atoms with van der Waals surface area (Å²) in [7, 11) is 0. The largest absolute Gasteiger partial charge is 0.394 e. The van der Waals surface area contributed by atoms with Crippen molar-refractivity contribution in [3.05, 3.63) is 134 Å². The molecule has 14 heteroatoms. The summed E-state index contributed by atoms with van der Waals surface area (Å²) in [5.74, 6) is -0.220. The van der Waals surface area contributed by atoms with E-state index in [2.05, 4.69) is 153 Å². The number of ether oxygens (including phenoxy) is 4. The minimum atomic E-state index is -1.79. The van der Waals surface area contributed by atoms with Gasteiger partial charge >= 0.3 is 0 Å². The number of carbonyl (C=O) groups excluding carboxylic acids is 1. The Balaban J connectivity index is 1.63. The first-order chi connectivity index (χ1) is 47.6. The molecule has 0 bridgehead atoms. The molecule has 2 saturated heterocycles. The molecule has 0 saturated carbocycles. The van der Waals surface area contributed by atoms with Gasteiger partial charge in [0, 0.05) is 6.42 Å². The van der Waals surface area contributed by atoms with Crippen LogP contribution in [0.25, 0.3) is 0 Å². The first-order valence-corrected chi connectivity index (χ1v) is 38.9. The van der Waals surface area contributed by atoms with Crippen molar-refractivity contribution >= 4 is 5.91 Å². The fourth-order valence-electron chi connectivity index (χ4n) is 12.0. The summed E-state index contributed by atoms with van der Waals surface area (Å²) in [6.45, 7) is 2.76. The van der Waals surface area contributed by atoms with Crippen LogP contribution in [-0.2, 0) is 23.7 Å². The summed E-state index contributed by atoms with van der Waals surface area (Å²) in [6.07, 6.45) is 80.4. The van der Waals surface area contributed by atoms with Gasteiger partial charge in [-0.15, -0.1) is 0 Å². The van der Waals surface area contributed by atoms with Gasteiger partial charge in [-0.3, -0.25) is 4.79 Å². The Bertz CT molecular complexity index is 2140. The molecule has 0 spiro atoms. The Morgan fingerprint density at radius 1 is 0.381 bits per heavy atom. The van der Waals surface area contributed by atoms with Crippen LogP contribution < -0.4 is 5.32 Å². The van der Waals surface area contributed by atoms with E-state index in [4.69, 9.17) is 18.9 Å². The topological polar surface area (TPSA) is 228 Å². The van der Waals surface area contributed by atoms with E-state index < -0.39 is 86.8 Å². The Hall–Kier alpha value is -3.87. The second-order valence-electron chi connectivity index (χ2n) is 26.8. The summed E-state index contributed by atoms with van der Waals surface area (Å²) in [5, 5.41) is 87.8. The fraction of sp³-hybridized carbons (Fsp3) is 0.723. The smallest absolute Gasteiger partial charge is 0.220 e. The summed E-state index contributed by atoms with van der Waals surface area (Å²) in [4.78, 5) is 13.4. The van der Waals surface area contributed by atoms with Gasteiger partial charge in [0.15, 0.2) is 12.6 Å². The van der Waals surface area contributed by atoms with Crippen LogP contribution in [0.2, 0.25) is 0 Å². The van der Waals surface area contributed by atoms with Crippen LogP contribution in [0.4, 0.5) is 0 Å². The van der Waals surface area contributed by atoms with Gasteiger partial charge in [0.1, 0.15) is 48.8 Å². The molecule has 12 atom stereocenters. The second kappa shape index (κ2) is 65.4. The predicted octanol–water partition coefficient (Wildman–Crippen LogP) is 17.4. The van der Waals surface area contributed by atoms with Crippen molar-refractivity contribution in [2.45, 2.75) is 364 Å². The minimum Gasteiger partial charge on any atom is -0.394 e. The molecule has 2 heterocycles. The average molecular weight is 1360 g/mol. The van der Waals surface area contributed by atoms with E-state index in [9.17, 15) is 45.6 Å². The van der Waals surface area contributed by atoms with E-state index in [1.165, 1.54) is 122 Å². The van der Waals surface area contributed by atoms with Gasteiger partial charge in [-0.1, -0.05) is 321 Å². The standard InChI is InChI=1S/C83H141NO13/c1-3-5-7-9-11-13-15-17-19-21-23-25-27-28-29-30-31-32-33-34-35-36-37-38-39-40-41-42-43-44-45-47-49-51-53-55-57-59-61-63-65-67-75(88)84-71(70-94-82-80(93)78(91)81(74(69-86)96-82)97-83-79(92)77(90)76(89)73(68-85)95-83)72(87)66-64-62-60-58-56-54-52-50-48-46-26-24-22-20-18-16-14-12-10-8-6-4-2/h5,7,11,13,17,19,23,25,28-29,31-32,34-35,37-38,40-41,43-44,47,49,71-74,76-83,85-87,89-93H,3-4,6,8-10,12,14-16,18,20-22,24,26-27,30,33,36,39,42,45-46,48,50-70H2,1-2H3,(H,84,88)/b7-5-,13-11-,19-17-,25-23-,29-28-,32-31-,35-34-,38-37-,41-40-,44-43-,49-47-. The Kier molecular flexibility index (Phi) is 60.2. The maximum atomic E-state index is 13.4. The first kappa shape index (κ1) is 89.2. The molecule has 2 rings (SSSR count). The predicted molar refractivity (Wildman–Crippen MR) is 401 cm³/mol. The highest BCUT2D eigenvalue weighted by atomic mass is 16.7. The van der Waals surface area contributed by atoms with E-state index in [0.717, 1.165) is 135 Å². The van der Waals surface area contributed by atoms with Crippen molar-refractivity contribution in [2.24, 2.45) is 0 Å². The fourth-order valence-corrected chi connectivity index (χ4v) is 12.0. The van der Waals surface area contributed by atoms with Gasteiger partial charge in [-0.25, -0.2) is 0 Å². The molecule has 14 nitrogen and oxygen atoms in total. The molecular formula is C83H141NO13. The molecule has 12 unspecified atom stereocenters. The van der Waals surface area contributed by atoms with Crippen molar-refractivity contribution in [3.63, 3.8) is 0 Å². The Morgan fingerprint density at radius 2 is 0.711 bits per heavy atom. The number of rotatable bonds is 63. The van der Waals surface area contributed by atoms with Crippen LogP contribution in [0.5, 0.6) is 0 Å². The lowest BCUT2D eigenvalue weighted by Crippen LogP contribution is -2.65. The van der Waals surface area contributed by atoms with Crippen LogP contribution >= 0.6 is 0 Å². The van der Waals surface area contributed by atoms with Crippen LogP contribution in [0.15, 0.2) is 134 Å². The number of carbonyl (C=O) groups is 1. The quantitative estimate of drug-likeness (QED) is 0.0204. The van der Waals surface area contributed by atoms with Crippen LogP contribution in [0.1, 0.15) is 290 Å². The van der Waals surface area contributed by atoms with Crippen LogP contribution in [0, 0.1) is 0 Å². The molecule has 97 heavy (non-hydrogen) atoms. The Morgan fingerprint density at radius 3 is 1.09 bits per heavy atom. The minimum absolute atomic E-state index is 0.220. The molecule has 2 aliphatic rings. The zero-order valence-electron chi connectivity index (χ0n) is 60.8. The van der Waals surface area contributed by atoms with Gasteiger partial charge in [0.05, 0.1) is 32.0 Å². The average Bonchev–Trinajstić information content (AvgIpc) is 0.794. The van der Waals surface area contributed by atoms with Crippen LogP contribution in [-0.4, -0.2) is 140 Å². The highest BCUT2D eigenvalue weighted by molar-refractivity contribution is 5.76. The molecule has 9 N–H and O–H groups in total. The van der Waals surface area contributed by atoms with E-state index >= 15 is 0 Å². The normalized spacial score (nSPS) is 22.9. The molecule has 2 fully saturated rings. The number of allylic oxidation sites excluding steroid dienone is 22. The molecule has 2 aliphatic heterocycles. The first-order valence-electron chi connectivity index (χ1n) is 38.9. The zero-order chi connectivity index (χ0) is 70.1. The Labute approximate surface area is 590 Å². The molecule has 0 aromatic heterocycles. The molecule has 0 aromatic carbocycles. The monoisotopic (exact) mass is 1360 g/mol. The number of hydrogen-bond acceptors (Lipinski definition) is 13. The molecule has 0 aliphatic carbocycles. The third-order valence-corrected chi connectivity index (χ3v) is 18.1. The number of hydrogen-bond donors (Lipinski definition) is 9. The van der Waals surface area contributed by atoms with Gasteiger partial charge in [0.2, 0.25) is 5.91 Å². The summed E-state index contributed by atoms with van der Waals surface area (Å²) < 4.78 is 22.9. The van der Waals surface area contributed by atoms with Crippen molar-refractivity contribution in [1.29, 1.82) is 0 Å². The number of unbranched alkanes of at least 4 members (excludes halogenated alkanes) is 28. The van der Waals surface area contributed by atoms with Gasteiger partial charge in [-0.05, 0) is 96.3 Å². The summed E-state index contributed by atoms with van der Waals surface area (Å²) in [5.41, 5.74) is 0. The van der Waals surface area contributed by atoms with E-state index in [-0.39, 0.29) is 18.9 Å². The highest BCUT2D eigenvalue weighted by Crippen LogP contribution is 2.30. The number of amides is 1. The molecule has 556 valence electrons. The van der Waals surface area contributed by atoms with Crippen molar-refractivity contribution in [1.82, 2.24) is 5.32 Å². The van der Waals surface area contributed by atoms with Crippen LogP contribution in [0.3, 0.4) is 0 Å². The third-order valence-electron chi connectivity index (χ3n) is 18.1. The van der Waals surface area contributed by atoms with Crippen molar-refractivity contribution < 1.29 is 64.6 Å². The lowest BCUT2D eigenvalue weighted by molar-refractivity contribution is -0.359. The second-order valence-corrected chi connectivity index (χ2v) is 26.8. The molecule has 1 amide bonds. The SMILES string of the molecule is CC/C=C\C/C=C\C/C=C\C/C=C\C/C=C\C/C=C\C/C=C\C/C=C\C/C=C\C/C=C\C/C=C\CCCCCCCCCC(=O)NC(COC1OC(CO)C(OC2OC(CO)C(O)C(O)C2O)C(O)C1O)C(O)CCCCCCCCCCCCCCCCCCCCCCCC. The van der Waals surface area contributed by atoms with Crippen molar-refractivity contribution in [3.8, 4) is 0 Å². The lowest BCUT2D eigenvalue weighted by Gasteiger charge is -2.46. The molecule has 0 aromatic rings. The number of nitrogens with one attached hydrogen (secondary N) is 1. The maximum Gasteiger partial charge on any atom is 0.220 e. The van der Waals surface area contributed by atoms with Gasteiger partial charge in [0.25, 0.3) is 0 Å². The van der Waals surface area contributed by atoms with E-state index in [0.29, 0.717) is 12.8 Å². The zero-order valence-corrected chi connectivity index (χ0v) is 60.8. The molecular weight excluding hydrogens is 1220 g/mol. The van der Waals surface area contributed by atoms with Gasteiger partial charge in [-0.2, -0.15) is 0 Å². The lowest BCUT2D eigenvalue weighted by atomic mass is 9.97. The van der Waals surface area contributed by atoms with Gasteiger partial charge < -0.3 is 65.1 Å². The summed E-state index contributed by atoms with van der Waals surface area (Å²) in [6, 6.07) is -0.846. The maximum absolute atomic E-state index is 13.4.